The third kappa shape index (κ3) is 6.28. The van der Waals surface area contributed by atoms with Crippen molar-refractivity contribution in [2.24, 2.45) is 0 Å². The number of nitrogens with zero attached hydrogens (tertiary/aromatic N) is 4. The minimum absolute atomic E-state index is 0.0131. The second kappa shape index (κ2) is 11.2. The lowest BCUT2D eigenvalue weighted by Crippen LogP contribution is -2.30. The third-order valence-corrected chi connectivity index (χ3v) is 8.57. The number of aromatic nitrogens is 3. The number of aryl methyl sites for hydroxylation is 1. The maximum Gasteiger partial charge on any atom is 0.228 e. The van der Waals surface area contributed by atoms with Crippen molar-refractivity contribution in [3.05, 3.63) is 71.9 Å². The lowest BCUT2D eigenvalue weighted by atomic mass is 10.1. The topological polar surface area (TPSA) is 123 Å². The van der Waals surface area contributed by atoms with Gasteiger partial charge in [0.2, 0.25) is 11.8 Å². The van der Waals surface area contributed by atoms with Crippen LogP contribution in [0.1, 0.15) is 44.7 Å². The Bertz CT molecular complexity index is 1770. The van der Waals surface area contributed by atoms with Gasteiger partial charge in [0.1, 0.15) is 11.6 Å². The highest BCUT2D eigenvalue weighted by Crippen LogP contribution is 2.34. The van der Waals surface area contributed by atoms with E-state index in [1.807, 2.05) is 20.8 Å². The van der Waals surface area contributed by atoms with Crippen LogP contribution in [0.2, 0.25) is 0 Å². The van der Waals surface area contributed by atoms with Crippen LogP contribution < -0.4 is 10.1 Å². The summed E-state index contributed by atoms with van der Waals surface area (Å²) in [5.74, 6) is -1.41. The standard InChI is InChI=1S/C30H32FN5O5S/c1-19-12-20(14-27(37)34-21-16-33-36(17-21)30(2,3)4)13-24(31)29(19)41-26-9-10-32-25-8-7-22(15-23(25)26)42(39,40)18-35-11-5-6-28(35)38/h7-10,12-13,15-17H,5-6,11,14,18H2,1-4H3,(H,34,37). The van der Waals surface area contributed by atoms with Crippen molar-refractivity contribution in [3.63, 3.8) is 0 Å². The van der Waals surface area contributed by atoms with Gasteiger partial charge >= 0.3 is 0 Å². The normalized spacial score (nSPS) is 14.0. The zero-order valence-electron chi connectivity index (χ0n) is 23.8. The Labute approximate surface area is 243 Å². The van der Waals surface area contributed by atoms with Gasteiger partial charge < -0.3 is 15.0 Å². The zero-order valence-corrected chi connectivity index (χ0v) is 24.7. The highest BCUT2D eigenvalue weighted by molar-refractivity contribution is 7.91. The number of carbonyl (C=O) groups excluding carboxylic acids is 2. The number of carbonyl (C=O) groups is 2. The average Bonchev–Trinajstić information content (AvgIpc) is 3.54. The molecule has 10 nitrogen and oxygen atoms in total. The third-order valence-electron chi connectivity index (χ3n) is 6.95. The summed E-state index contributed by atoms with van der Waals surface area (Å²) in [6.45, 7) is 8.05. The molecular formula is C30H32FN5O5S. The van der Waals surface area contributed by atoms with E-state index < -0.39 is 21.5 Å². The molecule has 2 aromatic carbocycles. The summed E-state index contributed by atoms with van der Waals surface area (Å²) in [5, 5.41) is 7.43. The van der Waals surface area contributed by atoms with E-state index in [2.05, 4.69) is 15.4 Å². The first kappa shape index (κ1) is 29.2. The number of sulfone groups is 1. The molecule has 12 heteroatoms. The van der Waals surface area contributed by atoms with Gasteiger partial charge in [-0.25, -0.2) is 12.8 Å². The number of amides is 2. The molecule has 1 aliphatic heterocycles. The van der Waals surface area contributed by atoms with Crippen LogP contribution in [0.5, 0.6) is 11.5 Å². The highest BCUT2D eigenvalue weighted by Gasteiger charge is 2.27. The van der Waals surface area contributed by atoms with E-state index in [1.54, 1.807) is 36.1 Å². The van der Waals surface area contributed by atoms with Crippen LogP contribution in [0.15, 0.2) is 59.9 Å². The SMILES string of the molecule is Cc1cc(CC(=O)Nc2cnn(C(C)(C)C)c2)cc(F)c1Oc1ccnc2ccc(S(=O)(=O)CN3CCCC3=O)cc12. The molecule has 0 radical (unpaired) electrons. The summed E-state index contributed by atoms with van der Waals surface area (Å²) in [6.07, 6.45) is 5.70. The number of hydrogen-bond donors (Lipinski definition) is 1. The molecule has 220 valence electrons. The summed E-state index contributed by atoms with van der Waals surface area (Å²) >= 11 is 0. The lowest BCUT2D eigenvalue weighted by Gasteiger charge is -2.18. The molecule has 0 unspecified atom stereocenters. The molecule has 0 aliphatic carbocycles. The van der Waals surface area contributed by atoms with Gasteiger partial charge in [-0.2, -0.15) is 5.10 Å². The minimum atomic E-state index is -3.82. The van der Waals surface area contributed by atoms with Crippen LogP contribution in [0.25, 0.3) is 10.9 Å². The van der Waals surface area contributed by atoms with Crippen molar-refractivity contribution in [2.45, 2.75) is 57.4 Å². The van der Waals surface area contributed by atoms with Gasteiger partial charge in [0, 0.05) is 30.7 Å². The second-order valence-electron chi connectivity index (χ2n) is 11.4. The fraction of sp³-hybridized carbons (Fsp3) is 0.333. The number of nitrogens with one attached hydrogen (secondary N) is 1. The molecule has 0 bridgehead atoms. The average molecular weight is 594 g/mol. The second-order valence-corrected chi connectivity index (χ2v) is 13.3. The quantitative estimate of drug-likeness (QED) is 0.306. The fourth-order valence-electron chi connectivity index (χ4n) is 4.79. The molecule has 0 atom stereocenters. The summed E-state index contributed by atoms with van der Waals surface area (Å²) in [7, 11) is -3.82. The first-order valence-electron chi connectivity index (χ1n) is 13.5. The number of hydrogen-bond acceptors (Lipinski definition) is 7. The van der Waals surface area contributed by atoms with Crippen molar-refractivity contribution in [1.29, 1.82) is 0 Å². The van der Waals surface area contributed by atoms with Crippen molar-refractivity contribution >= 4 is 38.2 Å². The van der Waals surface area contributed by atoms with E-state index in [4.69, 9.17) is 4.74 Å². The van der Waals surface area contributed by atoms with Crippen molar-refractivity contribution in [3.8, 4) is 11.5 Å². The van der Waals surface area contributed by atoms with Crippen LogP contribution in [0.3, 0.4) is 0 Å². The number of anilines is 1. The van der Waals surface area contributed by atoms with Crippen molar-refractivity contribution in [2.75, 3.05) is 17.7 Å². The number of benzene rings is 2. The maximum absolute atomic E-state index is 15.3. The van der Waals surface area contributed by atoms with Crippen molar-refractivity contribution < 1.29 is 27.1 Å². The van der Waals surface area contributed by atoms with Gasteiger partial charge in [-0.3, -0.25) is 19.3 Å². The smallest absolute Gasteiger partial charge is 0.228 e. The Morgan fingerprint density at radius 2 is 1.95 bits per heavy atom. The molecular weight excluding hydrogens is 561 g/mol. The van der Waals surface area contributed by atoms with Gasteiger partial charge in [-0.05, 0) is 75.6 Å². The number of halogens is 1. The van der Waals surface area contributed by atoms with E-state index >= 15 is 4.39 Å². The van der Waals surface area contributed by atoms with Crippen LogP contribution in [0.4, 0.5) is 10.1 Å². The van der Waals surface area contributed by atoms with Crippen LogP contribution in [-0.2, 0) is 31.4 Å². The van der Waals surface area contributed by atoms with Gasteiger partial charge in [0.15, 0.2) is 21.4 Å². The number of fused-ring (bicyclic) bond motifs is 1. The summed E-state index contributed by atoms with van der Waals surface area (Å²) < 4.78 is 49.2. The van der Waals surface area contributed by atoms with E-state index in [0.717, 1.165) is 0 Å². The molecule has 0 spiro atoms. The number of rotatable bonds is 8. The molecule has 2 amide bonds. The molecule has 1 saturated heterocycles. The Morgan fingerprint density at radius 3 is 2.62 bits per heavy atom. The van der Waals surface area contributed by atoms with Gasteiger partial charge in [0.05, 0.1) is 34.3 Å². The Balaban J connectivity index is 1.35. The Morgan fingerprint density at radius 1 is 1.17 bits per heavy atom. The molecule has 3 heterocycles. The number of pyridine rings is 1. The number of likely N-dealkylation sites (tertiary alicyclic amines) is 1. The van der Waals surface area contributed by atoms with Crippen molar-refractivity contribution in [1.82, 2.24) is 19.7 Å². The Hall–Kier alpha value is -4.32. The molecule has 1 fully saturated rings. The zero-order chi connectivity index (χ0) is 30.2. The van der Waals surface area contributed by atoms with E-state index in [1.165, 1.54) is 35.4 Å². The molecule has 0 saturated carbocycles. The van der Waals surface area contributed by atoms with E-state index in [-0.39, 0.29) is 40.2 Å². The van der Waals surface area contributed by atoms with Gasteiger partial charge in [-0.15, -0.1) is 0 Å². The summed E-state index contributed by atoms with van der Waals surface area (Å²) in [4.78, 5) is 30.3. The van der Waals surface area contributed by atoms with Gasteiger partial charge in [0.25, 0.3) is 0 Å². The fourth-order valence-corrected chi connectivity index (χ4v) is 6.20. The summed E-state index contributed by atoms with van der Waals surface area (Å²) in [5.41, 5.74) is 1.69. The van der Waals surface area contributed by atoms with Crippen LogP contribution >= 0.6 is 0 Å². The van der Waals surface area contributed by atoms with E-state index in [9.17, 15) is 18.0 Å². The van der Waals surface area contributed by atoms with Crippen LogP contribution in [-0.4, -0.2) is 52.3 Å². The molecule has 1 aliphatic rings. The monoisotopic (exact) mass is 593 g/mol. The van der Waals surface area contributed by atoms with Gasteiger partial charge in [-0.1, -0.05) is 6.07 Å². The first-order valence-corrected chi connectivity index (χ1v) is 15.2. The Kier molecular flexibility index (Phi) is 7.76. The predicted octanol–water partition coefficient (Wildman–Crippen LogP) is 4.96. The first-order chi connectivity index (χ1) is 19.8. The lowest BCUT2D eigenvalue weighted by molar-refractivity contribution is -0.127. The maximum atomic E-state index is 15.3. The molecule has 2 aromatic heterocycles. The summed E-state index contributed by atoms with van der Waals surface area (Å²) in [6, 6.07) is 8.86. The molecule has 5 rings (SSSR count). The molecule has 1 N–H and O–H groups in total. The largest absolute Gasteiger partial charge is 0.453 e. The van der Waals surface area contributed by atoms with Crippen LogP contribution in [0, 0.1) is 12.7 Å². The molecule has 4 aromatic rings. The minimum Gasteiger partial charge on any atom is -0.453 e. The highest BCUT2D eigenvalue weighted by atomic mass is 32.2. The predicted molar refractivity (Wildman–Crippen MR) is 156 cm³/mol. The van der Waals surface area contributed by atoms with E-state index in [0.29, 0.717) is 47.1 Å². The molecule has 42 heavy (non-hydrogen) atoms. The number of ether oxygens (including phenoxy) is 1.